The van der Waals surface area contributed by atoms with E-state index in [0.29, 0.717) is 22.8 Å². The normalized spacial score (nSPS) is 14.0. The third kappa shape index (κ3) is 3.89. The standard InChI is InChI=1S/C19H19ClN4O2/c1-2-26-19(25)14-3-6-18(22-13-14)24-9-7-23(8-10-24)17-5-4-16(20)11-15(17)12-21/h3-6,11,13H,2,7-10H2,1H3. The highest BCUT2D eigenvalue weighted by Gasteiger charge is 2.20. The number of ether oxygens (including phenoxy) is 1. The van der Waals surface area contributed by atoms with Gasteiger partial charge in [0, 0.05) is 37.4 Å². The zero-order chi connectivity index (χ0) is 18.5. The second kappa shape index (κ2) is 8.07. The SMILES string of the molecule is CCOC(=O)c1ccc(N2CCN(c3ccc(Cl)cc3C#N)CC2)nc1. The predicted molar refractivity (Wildman–Crippen MR) is 101 cm³/mol. The number of benzene rings is 1. The fraction of sp³-hybridized carbons (Fsp3) is 0.316. The predicted octanol–water partition coefficient (Wildman–Crippen LogP) is 3.11. The molecule has 1 aliphatic rings. The zero-order valence-corrected chi connectivity index (χ0v) is 15.2. The Morgan fingerprint density at radius 1 is 1.23 bits per heavy atom. The van der Waals surface area contributed by atoms with Crippen molar-refractivity contribution in [2.75, 3.05) is 42.6 Å². The number of nitriles is 1. The largest absolute Gasteiger partial charge is 0.462 e. The Hall–Kier alpha value is -2.78. The quantitative estimate of drug-likeness (QED) is 0.770. The van der Waals surface area contributed by atoms with E-state index in [1.165, 1.54) is 0 Å². The van der Waals surface area contributed by atoms with Gasteiger partial charge in [0.25, 0.3) is 0 Å². The van der Waals surface area contributed by atoms with Gasteiger partial charge >= 0.3 is 5.97 Å². The van der Waals surface area contributed by atoms with Crippen LogP contribution in [-0.4, -0.2) is 43.7 Å². The minimum Gasteiger partial charge on any atom is -0.462 e. The first kappa shape index (κ1) is 18.0. The van der Waals surface area contributed by atoms with Crippen LogP contribution >= 0.6 is 11.6 Å². The third-order valence-electron chi connectivity index (χ3n) is 4.28. The monoisotopic (exact) mass is 370 g/mol. The lowest BCUT2D eigenvalue weighted by molar-refractivity contribution is 0.0526. The molecule has 0 bridgehead atoms. The van der Waals surface area contributed by atoms with E-state index in [9.17, 15) is 10.1 Å². The molecule has 134 valence electrons. The molecule has 6 nitrogen and oxygen atoms in total. The topological polar surface area (TPSA) is 69.5 Å². The van der Waals surface area contributed by atoms with E-state index < -0.39 is 0 Å². The van der Waals surface area contributed by atoms with Gasteiger partial charge in [-0.3, -0.25) is 0 Å². The van der Waals surface area contributed by atoms with Crippen LogP contribution in [-0.2, 0) is 4.74 Å². The summed E-state index contributed by atoms with van der Waals surface area (Å²) in [6.45, 7) is 5.23. The number of carbonyl (C=O) groups is 1. The van der Waals surface area contributed by atoms with Crippen molar-refractivity contribution in [2.45, 2.75) is 6.92 Å². The average molecular weight is 371 g/mol. The van der Waals surface area contributed by atoms with Gasteiger partial charge in [0.2, 0.25) is 0 Å². The Morgan fingerprint density at radius 2 is 1.96 bits per heavy atom. The molecular weight excluding hydrogens is 352 g/mol. The molecule has 7 heteroatoms. The molecule has 2 heterocycles. The summed E-state index contributed by atoms with van der Waals surface area (Å²) in [5.41, 5.74) is 1.94. The maximum atomic E-state index is 11.7. The molecule has 1 aromatic heterocycles. The van der Waals surface area contributed by atoms with E-state index in [4.69, 9.17) is 16.3 Å². The highest BCUT2D eigenvalue weighted by Crippen LogP contribution is 2.25. The zero-order valence-electron chi connectivity index (χ0n) is 14.5. The molecule has 0 unspecified atom stereocenters. The molecule has 1 aliphatic heterocycles. The van der Waals surface area contributed by atoms with Crippen molar-refractivity contribution in [2.24, 2.45) is 0 Å². The maximum Gasteiger partial charge on any atom is 0.339 e. The lowest BCUT2D eigenvalue weighted by atomic mass is 10.1. The highest BCUT2D eigenvalue weighted by molar-refractivity contribution is 6.30. The van der Waals surface area contributed by atoms with Crippen molar-refractivity contribution >= 4 is 29.1 Å². The van der Waals surface area contributed by atoms with Gasteiger partial charge in [-0.2, -0.15) is 5.26 Å². The molecule has 1 saturated heterocycles. The van der Waals surface area contributed by atoms with Gasteiger partial charge in [-0.05, 0) is 37.3 Å². The average Bonchev–Trinajstić information content (AvgIpc) is 2.68. The van der Waals surface area contributed by atoms with E-state index >= 15 is 0 Å². The molecule has 1 fully saturated rings. The van der Waals surface area contributed by atoms with Crippen LogP contribution in [0.25, 0.3) is 0 Å². The van der Waals surface area contributed by atoms with Gasteiger partial charge in [0.15, 0.2) is 0 Å². The summed E-state index contributed by atoms with van der Waals surface area (Å²) in [7, 11) is 0. The Bertz CT molecular complexity index is 824. The molecular formula is C19H19ClN4O2. The number of halogens is 1. The number of rotatable bonds is 4. The van der Waals surface area contributed by atoms with Crippen LogP contribution in [0.2, 0.25) is 5.02 Å². The second-order valence-corrected chi connectivity index (χ2v) is 6.31. The summed E-state index contributed by atoms with van der Waals surface area (Å²) in [4.78, 5) is 20.4. The first-order valence-corrected chi connectivity index (χ1v) is 8.83. The number of pyridine rings is 1. The Morgan fingerprint density at radius 3 is 2.58 bits per heavy atom. The van der Waals surface area contributed by atoms with Crippen molar-refractivity contribution in [3.63, 3.8) is 0 Å². The summed E-state index contributed by atoms with van der Waals surface area (Å²) >= 11 is 5.97. The van der Waals surface area contributed by atoms with Crippen LogP contribution in [0.15, 0.2) is 36.5 Å². The number of nitrogens with zero attached hydrogens (tertiary/aromatic N) is 4. The maximum absolute atomic E-state index is 11.7. The molecule has 2 aromatic rings. The van der Waals surface area contributed by atoms with Crippen molar-refractivity contribution < 1.29 is 9.53 Å². The first-order valence-electron chi connectivity index (χ1n) is 8.45. The summed E-state index contributed by atoms with van der Waals surface area (Å²) in [5.74, 6) is 0.470. The van der Waals surface area contributed by atoms with Gasteiger partial charge < -0.3 is 14.5 Å². The van der Waals surface area contributed by atoms with Crippen LogP contribution < -0.4 is 9.80 Å². The van der Waals surface area contributed by atoms with Crippen molar-refractivity contribution in [3.05, 3.63) is 52.7 Å². The fourth-order valence-corrected chi connectivity index (χ4v) is 3.13. The van der Waals surface area contributed by atoms with Crippen molar-refractivity contribution in [1.29, 1.82) is 5.26 Å². The minimum absolute atomic E-state index is 0.345. The molecule has 0 N–H and O–H groups in total. The molecule has 0 spiro atoms. The molecule has 0 aliphatic carbocycles. The smallest absolute Gasteiger partial charge is 0.339 e. The Balaban J connectivity index is 1.65. The number of aromatic nitrogens is 1. The summed E-state index contributed by atoms with van der Waals surface area (Å²) < 4.78 is 4.97. The summed E-state index contributed by atoms with van der Waals surface area (Å²) in [6, 6.07) is 11.2. The van der Waals surface area contributed by atoms with E-state index in [1.54, 1.807) is 31.3 Å². The molecule has 0 atom stereocenters. The van der Waals surface area contributed by atoms with Gasteiger partial charge in [-0.25, -0.2) is 9.78 Å². The number of hydrogen-bond donors (Lipinski definition) is 0. The Labute approximate surface area is 157 Å². The number of hydrogen-bond acceptors (Lipinski definition) is 6. The first-order chi connectivity index (χ1) is 12.6. The van der Waals surface area contributed by atoms with Gasteiger partial charge in [-0.1, -0.05) is 11.6 Å². The molecule has 0 radical (unpaired) electrons. The fourth-order valence-electron chi connectivity index (χ4n) is 2.96. The van der Waals surface area contributed by atoms with E-state index in [-0.39, 0.29) is 5.97 Å². The van der Waals surface area contributed by atoms with Crippen LogP contribution in [0.3, 0.4) is 0 Å². The minimum atomic E-state index is -0.358. The van der Waals surface area contributed by atoms with Gasteiger partial charge in [0.05, 0.1) is 23.4 Å². The van der Waals surface area contributed by atoms with Crippen LogP contribution in [0, 0.1) is 11.3 Å². The van der Waals surface area contributed by atoms with Crippen molar-refractivity contribution in [1.82, 2.24) is 4.98 Å². The molecule has 0 amide bonds. The summed E-state index contributed by atoms with van der Waals surface area (Å²) in [6.07, 6.45) is 1.55. The number of anilines is 2. The van der Waals surface area contributed by atoms with Gasteiger partial charge in [0.1, 0.15) is 11.9 Å². The highest BCUT2D eigenvalue weighted by atomic mass is 35.5. The molecule has 3 rings (SSSR count). The molecule has 26 heavy (non-hydrogen) atoms. The number of esters is 1. The van der Waals surface area contributed by atoms with Gasteiger partial charge in [-0.15, -0.1) is 0 Å². The van der Waals surface area contributed by atoms with Crippen molar-refractivity contribution in [3.8, 4) is 6.07 Å². The summed E-state index contributed by atoms with van der Waals surface area (Å²) in [5, 5.41) is 9.88. The number of carbonyl (C=O) groups excluding carboxylic acids is 1. The Kier molecular flexibility index (Phi) is 5.59. The van der Waals surface area contributed by atoms with Crippen LogP contribution in [0.4, 0.5) is 11.5 Å². The van der Waals surface area contributed by atoms with Crippen LogP contribution in [0.5, 0.6) is 0 Å². The second-order valence-electron chi connectivity index (χ2n) is 5.87. The van der Waals surface area contributed by atoms with E-state index in [1.807, 2.05) is 12.1 Å². The van der Waals surface area contributed by atoms with E-state index in [0.717, 1.165) is 37.7 Å². The molecule has 0 saturated carbocycles. The number of piperazine rings is 1. The van der Waals surface area contributed by atoms with Crippen LogP contribution in [0.1, 0.15) is 22.8 Å². The lowest BCUT2D eigenvalue weighted by Crippen LogP contribution is -2.47. The third-order valence-corrected chi connectivity index (χ3v) is 4.52. The van der Waals surface area contributed by atoms with E-state index in [2.05, 4.69) is 20.9 Å². The molecule has 1 aromatic carbocycles. The lowest BCUT2D eigenvalue weighted by Gasteiger charge is -2.37.